The maximum atomic E-state index is 2.55. The second-order valence-corrected chi connectivity index (χ2v) is 16.7. The van der Waals surface area contributed by atoms with Crippen molar-refractivity contribution in [1.29, 1.82) is 0 Å². The van der Waals surface area contributed by atoms with Gasteiger partial charge in [-0.25, -0.2) is 0 Å². The third-order valence-electron chi connectivity index (χ3n) is 8.05. The van der Waals surface area contributed by atoms with Crippen LogP contribution in [0.1, 0.15) is 56.2 Å². The zero-order chi connectivity index (χ0) is 22.7. The second-order valence-electron chi connectivity index (χ2n) is 10.2. The molecule has 0 aliphatic heterocycles. The molecule has 0 aromatic heterocycles. The Hall–Kier alpha value is -2.15. The quantitative estimate of drug-likeness (QED) is 0.305. The molecule has 1 heteroatoms. The summed E-state index contributed by atoms with van der Waals surface area (Å²) < 4.78 is 5.70. The van der Waals surface area contributed by atoms with Gasteiger partial charge in [0.05, 0.1) is 0 Å². The Kier molecular flexibility index (Phi) is 6.86. The molecule has 3 aromatic carbocycles. The summed E-state index contributed by atoms with van der Waals surface area (Å²) in [6.07, 6.45) is 5.36. The van der Waals surface area contributed by atoms with Crippen LogP contribution in [0.2, 0.25) is 0 Å². The molecule has 3 aromatic rings. The van der Waals surface area contributed by atoms with Gasteiger partial charge in [-0.1, -0.05) is 0 Å². The molecule has 0 amide bonds. The fourth-order valence-corrected chi connectivity index (χ4v) is 16.2. The molecule has 2 aliphatic rings. The van der Waals surface area contributed by atoms with E-state index in [0.29, 0.717) is 5.92 Å². The van der Waals surface area contributed by atoms with Crippen LogP contribution in [-0.4, -0.2) is 0 Å². The molecule has 0 bridgehead atoms. The number of rotatable bonds is 7. The van der Waals surface area contributed by atoms with Gasteiger partial charge in [-0.05, 0) is 0 Å². The van der Waals surface area contributed by atoms with E-state index in [1.165, 1.54) is 56.6 Å². The van der Waals surface area contributed by atoms with Crippen LogP contribution in [0.3, 0.4) is 0 Å². The summed E-state index contributed by atoms with van der Waals surface area (Å²) in [7, 11) is 0. The molecular weight excluding hydrogens is 432 g/mol. The van der Waals surface area contributed by atoms with E-state index in [4.69, 9.17) is 0 Å². The van der Waals surface area contributed by atoms with Crippen LogP contribution in [-0.2, 0) is 30.8 Å². The molecule has 0 spiro atoms. The molecule has 33 heavy (non-hydrogen) atoms. The predicted octanol–water partition coefficient (Wildman–Crippen LogP) is 8.54. The molecular formula is C32H36Ti. The molecule has 0 fully saturated rings. The van der Waals surface area contributed by atoms with E-state index in [1.54, 1.807) is 16.7 Å². The van der Waals surface area contributed by atoms with Crippen molar-refractivity contribution < 1.29 is 16.6 Å². The van der Waals surface area contributed by atoms with Gasteiger partial charge in [-0.2, -0.15) is 0 Å². The molecule has 0 saturated carbocycles. The third kappa shape index (κ3) is 4.75. The van der Waals surface area contributed by atoms with E-state index in [0.717, 1.165) is 0 Å². The molecule has 168 valence electrons. The zero-order valence-electron chi connectivity index (χ0n) is 20.2. The van der Waals surface area contributed by atoms with Gasteiger partial charge in [-0.3, -0.25) is 0 Å². The molecule has 5 rings (SSSR count). The summed E-state index contributed by atoms with van der Waals surface area (Å²) in [6.45, 7) is 5.04. The second kappa shape index (κ2) is 10.0. The van der Waals surface area contributed by atoms with Crippen molar-refractivity contribution in [2.24, 2.45) is 5.92 Å². The van der Waals surface area contributed by atoms with Crippen LogP contribution in [0.25, 0.3) is 0 Å². The Morgan fingerprint density at radius 3 is 1.48 bits per heavy atom. The Morgan fingerprint density at radius 1 is 0.636 bits per heavy atom. The van der Waals surface area contributed by atoms with Gasteiger partial charge in [0.1, 0.15) is 0 Å². The molecule has 1 atom stereocenters. The number of hydrogen-bond donors (Lipinski definition) is 0. The van der Waals surface area contributed by atoms with Crippen LogP contribution < -0.4 is 0 Å². The van der Waals surface area contributed by atoms with Crippen LogP contribution in [0.5, 0.6) is 0 Å². The first-order chi connectivity index (χ1) is 16.2. The summed E-state index contributed by atoms with van der Waals surface area (Å²) in [5.74, 6) is 0.636. The van der Waals surface area contributed by atoms with Crippen molar-refractivity contribution >= 4 is 0 Å². The minimum atomic E-state index is -2.67. The topological polar surface area (TPSA) is 0 Å². The molecule has 1 unspecified atom stereocenters. The van der Waals surface area contributed by atoms with Crippen molar-refractivity contribution in [2.45, 2.75) is 53.7 Å². The van der Waals surface area contributed by atoms with Crippen molar-refractivity contribution in [2.75, 3.05) is 0 Å². The van der Waals surface area contributed by atoms with Gasteiger partial charge in [0, 0.05) is 0 Å². The molecule has 2 aliphatic carbocycles. The zero-order valence-corrected chi connectivity index (χ0v) is 21.7. The Balaban J connectivity index is 1.67. The third-order valence-corrected chi connectivity index (χ3v) is 16.2. The summed E-state index contributed by atoms with van der Waals surface area (Å²) in [5, 5.41) is 0. The molecule has 0 heterocycles. The Morgan fingerprint density at radius 2 is 1.06 bits per heavy atom. The van der Waals surface area contributed by atoms with Gasteiger partial charge in [0.25, 0.3) is 0 Å². The number of hydrogen-bond acceptors (Lipinski definition) is 0. The monoisotopic (exact) mass is 468 g/mol. The van der Waals surface area contributed by atoms with E-state index in [9.17, 15) is 0 Å². The average Bonchev–Trinajstić information content (AvgIpc) is 3.11. The van der Waals surface area contributed by atoms with Crippen molar-refractivity contribution in [3.63, 3.8) is 0 Å². The van der Waals surface area contributed by atoms with Gasteiger partial charge in [0.2, 0.25) is 0 Å². The van der Waals surface area contributed by atoms with Crippen LogP contribution >= 0.6 is 0 Å². The van der Waals surface area contributed by atoms with E-state index in [-0.39, 0.29) is 0 Å². The first-order valence-electron chi connectivity index (χ1n) is 12.7. The van der Waals surface area contributed by atoms with E-state index in [2.05, 4.69) is 105 Å². The summed E-state index contributed by atoms with van der Waals surface area (Å²) >= 11 is -2.67. The Bertz CT molecular complexity index is 1040. The van der Waals surface area contributed by atoms with E-state index in [1.807, 2.05) is 3.88 Å². The van der Waals surface area contributed by atoms with Gasteiger partial charge < -0.3 is 0 Å². The van der Waals surface area contributed by atoms with Crippen molar-refractivity contribution in [3.05, 3.63) is 128 Å². The molecule has 0 nitrogen and oxygen atoms in total. The number of benzene rings is 3. The van der Waals surface area contributed by atoms with E-state index >= 15 is 0 Å². The normalized spacial score (nSPS) is 18.5. The van der Waals surface area contributed by atoms with Crippen LogP contribution in [0.4, 0.5) is 0 Å². The van der Waals surface area contributed by atoms with Gasteiger partial charge in [-0.15, -0.1) is 0 Å². The van der Waals surface area contributed by atoms with Crippen molar-refractivity contribution in [3.8, 4) is 0 Å². The fourth-order valence-electron chi connectivity index (χ4n) is 6.79. The fraction of sp³-hybridized carbons (Fsp3) is 0.312. The first kappa shape index (κ1) is 22.6. The summed E-state index contributed by atoms with van der Waals surface area (Å²) in [4.78, 5) is 0. The summed E-state index contributed by atoms with van der Waals surface area (Å²) in [5.41, 5.74) is 9.82. The van der Waals surface area contributed by atoms with E-state index < -0.39 is 16.6 Å². The predicted molar refractivity (Wildman–Crippen MR) is 138 cm³/mol. The van der Waals surface area contributed by atoms with Gasteiger partial charge >= 0.3 is 204 Å². The van der Waals surface area contributed by atoms with Crippen molar-refractivity contribution in [1.82, 2.24) is 0 Å². The molecule has 0 saturated heterocycles. The molecule has 0 N–H and O–H groups in total. The molecule has 0 radical (unpaired) electrons. The SMILES string of the molecule is CC1=[C]([Ti]([CH2]c2ccccc2)([CH2]c2ccccc2)[CH2]c2ccccc2)C(C)C2=C1CCCC2. The summed E-state index contributed by atoms with van der Waals surface area (Å²) in [6, 6.07) is 34.1. The van der Waals surface area contributed by atoms with Crippen LogP contribution in [0.15, 0.2) is 112 Å². The first-order valence-corrected chi connectivity index (χ1v) is 16.8. The van der Waals surface area contributed by atoms with Crippen LogP contribution in [0, 0.1) is 5.92 Å². The minimum absolute atomic E-state index is 0.636. The Labute approximate surface area is 203 Å². The average molecular weight is 469 g/mol. The van der Waals surface area contributed by atoms with Gasteiger partial charge in [0.15, 0.2) is 0 Å². The number of allylic oxidation sites excluding steroid dienone is 4. The standard InChI is InChI=1S/C11H15.3C7H7.Ti/c1-8-7-9(2)11-6-4-3-5-10(8)11;3*1-7-5-3-2-4-6-7;/h8H,3-6H2,1-2H3;3*2-6H,1H2;. The maximum absolute atomic E-state index is 2.67.